The lowest BCUT2D eigenvalue weighted by atomic mass is 9.71. The Morgan fingerprint density at radius 1 is 0.778 bits per heavy atom. The zero-order valence-corrected chi connectivity index (χ0v) is 20.4. The number of aromatic hydroxyl groups is 1. The minimum atomic E-state index is -0.466. The molecular weight excluding hydrogens is 452 g/mol. The predicted molar refractivity (Wildman–Crippen MR) is 142 cm³/mol. The molecule has 0 radical (unpaired) electrons. The molecule has 2 atom stereocenters. The Morgan fingerprint density at radius 2 is 1.25 bits per heavy atom. The molecular formula is C31H36O5. The van der Waals surface area contributed by atoms with E-state index in [0.717, 1.165) is 19.3 Å². The summed E-state index contributed by atoms with van der Waals surface area (Å²) in [6.45, 7) is 6.62. The highest BCUT2D eigenvalue weighted by atomic mass is 16.5. The molecule has 3 aromatic carbocycles. The predicted octanol–water partition coefficient (Wildman–Crippen LogP) is 7.15. The second-order valence-corrected chi connectivity index (χ2v) is 9.85. The normalized spacial score (nSPS) is 18.0. The summed E-state index contributed by atoms with van der Waals surface area (Å²) in [4.78, 5) is 35.7. The van der Waals surface area contributed by atoms with Crippen molar-refractivity contribution in [2.45, 2.75) is 53.6 Å². The van der Waals surface area contributed by atoms with Crippen LogP contribution < -0.4 is 0 Å². The quantitative estimate of drug-likeness (QED) is 0.234. The summed E-state index contributed by atoms with van der Waals surface area (Å²) in [5.74, 6) is -0.812. The molecule has 2 unspecified atom stereocenters. The second-order valence-electron chi connectivity index (χ2n) is 9.85. The maximum absolute atomic E-state index is 12.1. The van der Waals surface area contributed by atoms with Crippen molar-refractivity contribution < 1.29 is 24.2 Å². The van der Waals surface area contributed by atoms with Gasteiger partial charge in [-0.2, -0.15) is 0 Å². The molecule has 1 N–H and O–H groups in total. The lowest BCUT2D eigenvalue weighted by molar-refractivity contribution is -0.00735. The first-order valence-electron chi connectivity index (χ1n) is 11.8. The van der Waals surface area contributed by atoms with Gasteiger partial charge in [-0.3, -0.25) is 9.59 Å². The van der Waals surface area contributed by atoms with Gasteiger partial charge in [-0.15, -0.1) is 0 Å². The SMILES string of the molecule is C.CC1CC(OC(=O)c2ccccc2O)CC(C)(C)C1.O=C(C(=O)c1ccccc1)c1ccccc1. The number of ether oxygens (including phenoxy) is 1. The van der Waals surface area contributed by atoms with Gasteiger partial charge in [-0.1, -0.05) is 101 Å². The molecule has 4 rings (SSSR count). The molecule has 0 heterocycles. The van der Waals surface area contributed by atoms with Crippen molar-refractivity contribution in [2.75, 3.05) is 0 Å². The Labute approximate surface area is 214 Å². The number of Topliss-reactive ketones (excluding diaryl/α,β-unsaturated/α-hetero) is 2. The minimum absolute atomic E-state index is 0. The van der Waals surface area contributed by atoms with Crippen LogP contribution in [0.5, 0.6) is 5.75 Å². The summed E-state index contributed by atoms with van der Waals surface area (Å²) < 4.78 is 5.57. The van der Waals surface area contributed by atoms with Gasteiger partial charge in [0.1, 0.15) is 17.4 Å². The van der Waals surface area contributed by atoms with E-state index in [0.29, 0.717) is 17.0 Å². The molecule has 3 aromatic rings. The molecule has 1 aliphatic rings. The number of para-hydroxylation sites is 1. The third-order valence-electron chi connectivity index (χ3n) is 6.02. The molecule has 36 heavy (non-hydrogen) atoms. The summed E-state index contributed by atoms with van der Waals surface area (Å²) in [6.07, 6.45) is 2.91. The van der Waals surface area contributed by atoms with Gasteiger partial charge < -0.3 is 9.84 Å². The Morgan fingerprint density at radius 3 is 1.72 bits per heavy atom. The van der Waals surface area contributed by atoms with Gasteiger partial charge in [0.2, 0.25) is 11.6 Å². The van der Waals surface area contributed by atoms with E-state index < -0.39 is 17.5 Å². The maximum atomic E-state index is 12.1. The first-order valence-corrected chi connectivity index (χ1v) is 11.8. The number of ketones is 2. The molecule has 1 saturated carbocycles. The maximum Gasteiger partial charge on any atom is 0.342 e. The molecule has 190 valence electrons. The van der Waals surface area contributed by atoms with Crippen molar-refractivity contribution in [3.63, 3.8) is 0 Å². The van der Waals surface area contributed by atoms with Gasteiger partial charge in [0.15, 0.2) is 0 Å². The van der Waals surface area contributed by atoms with Crippen molar-refractivity contribution in [1.82, 2.24) is 0 Å². The van der Waals surface area contributed by atoms with Crippen LogP contribution in [0.25, 0.3) is 0 Å². The zero-order chi connectivity index (χ0) is 25.4. The summed E-state index contributed by atoms with van der Waals surface area (Å²) in [6, 6.07) is 23.7. The van der Waals surface area contributed by atoms with E-state index in [-0.39, 0.29) is 30.3 Å². The molecule has 5 nitrogen and oxygen atoms in total. The number of carbonyl (C=O) groups excluding carboxylic acids is 3. The number of hydrogen-bond acceptors (Lipinski definition) is 5. The van der Waals surface area contributed by atoms with Crippen LogP contribution in [0.2, 0.25) is 0 Å². The van der Waals surface area contributed by atoms with Crippen molar-refractivity contribution in [1.29, 1.82) is 0 Å². The standard InChI is InChI=1S/C16H22O3.C14H10O2.CH4/c1-11-8-12(10-16(2,3)9-11)19-15(18)13-6-4-5-7-14(13)17;15-13(11-7-3-1-4-8-11)14(16)12-9-5-2-6-10-12;/h4-7,11-12,17H,8-10H2,1-3H3;1-10H;1H4. The van der Waals surface area contributed by atoms with E-state index in [4.69, 9.17) is 4.74 Å². The van der Waals surface area contributed by atoms with Crippen molar-refractivity contribution in [3.8, 4) is 5.75 Å². The number of benzene rings is 3. The third-order valence-corrected chi connectivity index (χ3v) is 6.02. The summed E-state index contributed by atoms with van der Waals surface area (Å²) in [5, 5.41) is 9.66. The molecule has 0 aliphatic heterocycles. The van der Waals surface area contributed by atoms with Gasteiger partial charge >= 0.3 is 5.97 Å². The second kappa shape index (κ2) is 12.8. The van der Waals surface area contributed by atoms with Gasteiger partial charge in [-0.05, 0) is 42.7 Å². The van der Waals surface area contributed by atoms with E-state index in [1.807, 2.05) is 12.1 Å². The molecule has 5 heteroatoms. The van der Waals surface area contributed by atoms with Gasteiger partial charge in [-0.25, -0.2) is 4.79 Å². The smallest absolute Gasteiger partial charge is 0.342 e. The fourth-order valence-electron chi connectivity index (χ4n) is 4.65. The van der Waals surface area contributed by atoms with Crippen LogP contribution in [-0.2, 0) is 4.74 Å². The van der Waals surface area contributed by atoms with Crippen LogP contribution in [0, 0.1) is 11.3 Å². The monoisotopic (exact) mass is 488 g/mol. The van der Waals surface area contributed by atoms with Crippen LogP contribution in [0.4, 0.5) is 0 Å². The number of esters is 1. The zero-order valence-electron chi connectivity index (χ0n) is 20.4. The number of phenols is 1. The molecule has 0 amide bonds. The van der Waals surface area contributed by atoms with Crippen LogP contribution in [0.3, 0.4) is 0 Å². The number of rotatable bonds is 5. The average molecular weight is 489 g/mol. The van der Waals surface area contributed by atoms with Crippen LogP contribution in [0.15, 0.2) is 84.9 Å². The molecule has 1 fully saturated rings. The average Bonchev–Trinajstić information content (AvgIpc) is 2.83. The fourth-order valence-corrected chi connectivity index (χ4v) is 4.65. The van der Waals surface area contributed by atoms with Crippen molar-refractivity contribution in [2.24, 2.45) is 11.3 Å². The topological polar surface area (TPSA) is 80.7 Å². The van der Waals surface area contributed by atoms with Crippen molar-refractivity contribution in [3.05, 3.63) is 102 Å². The molecule has 0 aromatic heterocycles. The van der Waals surface area contributed by atoms with Crippen LogP contribution >= 0.6 is 0 Å². The van der Waals surface area contributed by atoms with Gasteiger partial charge in [0.25, 0.3) is 0 Å². The van der Waals surface area contributed by atoms with Crippen LogP contribution in [0.1, 0.15) is 78.5 Å². The Hall–Kier alpha value is -3.73. The highest BCUT2D eigenvalue weighted by Gasteiger charge is 2.34. The molecule has 0 saturated heterocycles. The highest BCUT2D eigenvalue weighted by Crippen LogP contribution is 2.40. The summed E-state index contributed by atoms with van der Waals surface area (Å²) in [5.41, 5.74) is 1.31. The number of phenolic OH excluding ortho intramolecular Hbond substituents is 1. The third kappa shape index (κ3) is 7.91. The molecule has 0 bridgehead atoms. The van der Waals surface area contributed by atoms with E-state index in [1.165, 1.54) is 6.07 Å². The number of hydrogen-bond donors (Lipinski definition) is 1. The Kier molecular flexibility index (Phi) is 10.2. The van der Waals surface area contributed by atoms with Gasteiger partial charge in [0.05, 0.1) is 0 Å². The molecule has 0 spiro atoms. The minimum Gasteiger partial charge on any atom is -0.507 e. The van der Waals surface area contributed by atoms with Gasteiger partial charge in [0, 0.05) is 11.1 Å². The summed E-state index contributed by atoms with van der Waals surface area (Å²) >= 11 is 0. The number of carbonyl (C=O) groups is 3. The Bertz CT molecular complexity index is 1100. The van der Waals surface area contributed by atoms with Crippen molar-refractivity contribution >= 4 is 17.5 Å². The van der Waals surface area contributed by atoms with E-state index in [9.17, 15) is 19.5 Å². The fraction of sp³-hybridized carbons (Fsp3) is 0.323. The first-order chi connectivity index (χ1) is 16.7. The van der Waals surface area contributed by atoms with E-state index in [2.05, 4.69) is 20.8 Å². The largest absolute Gasteiger partial charge is 0.507 e. The lowest BCUT2D eigenvalue weighted by Crippen LogP contribution is -2.34. The molecule has 1 aliphatic carbocycles. The lowest BCUT2D eigenvalue weighted by Gasteiger charge is -2.38. The first kappa shape index (κ1) is 28.5. The van der Waals surface area contributed by atoms with E-state index >= 15 is 0 Å². The van der Waals surface area contributed by atoms with E-state index in [1.54, 1.807) is 66.7 Å². The Balaban J connectivity index is 0.000000250. The van der Waals surface area contributed by atoms with Crippen LogP contribution in [-0.4, -0.2) is 28.7 Å². The summed E-state index contributed by atoms with van der Waals surface area (Å²) in [7, 11) is 0. The highest BCUT2D eigenvalue weighted by molar-refractivity contribution is 6.49.